The number of carbonyl (C=O) groups is 1. The molecule has 3 heteroatoms. The molecule has 0 aliphatic carbocycles. The van der Waals surface area contributed by atoms with Crippen LogP contribution in [0.15, 0.2) is 42.5 Å². The van der Waals surface area contributed by atoms with Crippen molar-refractivity contribution in [3.63, 3.8) is 0 Å². The number of aliphatic carboxylic acids is 1. The molecule has 2 aromatic carbocycles. The standard InChI is InChI=1S/C16H17NO2/c18-16(19)8-12-9-17(10-12)11-14-6-3-5-13-4-1-2-7-15(13)14/h1-7,12H,8-11H2,(H,18,19). The third kappa shape index (κ3) is 2.61. The maximum atomic E-state index is 10.6. The summed E-state index contributed by atoms with van der Waals surface area (Å²) in [7, 11) is 0. The van der Waals surface area contributed by atoms with E-state index in [9.17, 15) is 4.79 Å². The van der Waals surface area contributed by atoms with Crippen LogP contribution in [-0.4, -0.2) is 29.1 Å². The highest BCUT2D eigenvalue weighted by atomic mass is 16.4. The first-order valence-corrected chi connectivity index (χ1v) is 6.63. The van der Waals surface area contributed by atoms with E-state index in [-0.39, 0.29) is 0 Å². The second kappa shape index (κ2) is 5.02. The van der Waals surface area contributed by atoms with Crippen molar-refractivity contribution in [3.05, 3.63) is 48.0 Å². The molecule has 19 heavy (non-hydrogen) atoms. The minimum absolute atomic E-state index is 0.298. The molecule has 0 radical (unpaired) electrons. The lowest BCUT2D eigenvalue weighted by Gasteiger charge is -2.38. The van der Waals surface area contributed by atoms with Crippen molar-refractivity contribution in [2.75, 3.05) is 13.1 Å². The molecular weight excluding hydrogens is 238 g/mol. The highest BCUT2D eigenvalue weighted by molar-refractivity contribution is 5.85. The number of benzene rings is 2. The third-order valence-corrected chi connectivity index (χ3v) is 3.77. The van der Waals surface area contributed by atoms with Gasteiger partial charge in [-0.15, -0.1) is 0 Å². The van der Waals surface area contributed by atoms with Gasteiger partial charge in [0.1, 0.15) is 0 Å². The quantitative estimate of drug-likeness (QED) is 0.913. The van der Waals surface area contributed by atoms with Crippen LogP contribution in [0.1, 0.15) is 12.0 Å². The zero-order valence-corrected chi connectivity index (χ0v) is 10.7. The maximum Gasteiger partial charge on any atom is 0.303 e. The molecule has 1 N–H and O–H groups in total. The monoisotopic (exact) mass is 255 g/mol. The molecule has 3 rings (SSSR count). The highest BCUT2D eigenvalue weighted by Crippen LogP contribution is 2.25. The van der Waals surface area contributed by atoms with E-state index >= 15 is 0 Å². The second-order valence-electron chi connectivity index (χ2n) is 5.30. The Morgan fingerprint density at radius 3 is 2.68 bits per heavy atom. The lowest BCUT2D eigenvalue weighted by molar-refractivity contribution is -0.139. The van der Waals surface area contributed by atoms with Crippen LogP contribution in [-0.2, 0) is 11.3 Å². The maximum absolute atomic E-state index is 10.6. The Kier molecular flexibility index (Phi) is 3.22. The molecule has 1 fully saturated rings. The molecule has 0 amide bonds. The Balaban J connectivity index is 1.69. The van der Waals surface area contributed by atoms with E-state index in [1.807, 2.05) is 0 Å². The van der Waals surface area contributed by atoms with Crippen molar-refractivity contribution >= 4 is 16.7 Å². The molecule has 3 nitrogen and oxygen atoms in total. The third-order valence-electron chi connectivity index (χ3n) is 3.77. The van der Waals surface area contributed by atoms with Gasteiger partial charge >= 0.3 is 5.97 Å². The van der Waals surface area contributed by atoms with Gasteiger partial charge in [0.2, 0.25) is 0 Å². The number of carboxylic acids is 1. The number of likely N-dealkylation sites (tertiary alicyclic amines) is 1. The highest BCUT2D eigenvalue weighted by Gasteiger charge is 2.28. The molecule has 1 saturated heterocycles. The topological polar surface area (TPSA) is 40.5 Å². The molecule has 1 aliphatic rings. The van der Waals surface area contributed by atoms with E-state index in [1.54, 1.807) is 0 Å². The summed E-state index contributed by atoms with van der Waals surface area (Å²) in [6.45, 7) is 2.71. The molecule has 1 aliphatic heterocycles. The minimum Gasteiger partial charge on any atom is -0.481 e. The molecule has 1 heterocycles. The van der Waals surface area contributed by atoms with Crippen LogP contribution in [0.25, 0.3) is 10.8 Å². The van der Waals surface area contributed by atoms with Gasteiger partial charge in [0.25, 0.3) is 0 Å². The Morgan fingerprint density at radius 2 is 1.89 bits per heavy atom. The number of hydrogen-bond donors (Lipinski definition) is 1. The predicted molar refractivity (Wildman–Crippen MR) is 75.0 cm³/mol. The zero-order valence-electron chi connectivity index (χ0n) is 10.7. The molecule has 0 saturated carbocycles. The van der Waals surface area contributed by atoms with E-state index < -0.39 is 5.97 Å². The van der Waals surface area contributed by atoms with E-state index in [0.717, 1.165) is 19.6 Å². The van der Waals surface area contributed by atoms with Crippen molar-refractivity contribution < 1.29 is 9.90 Å². The molecule has 0 unspecified atom stereocenters. The fourth-order valence-electron chi connectivity index (χ4n) is 2.85. The van der Waals surface area contributed by atoms with E-state index in [0.29, 0.717) is 12.3 Å². The second-order valence-corrected chi connectivity index (χ2v) is 5.30. The Labute approximate surface area is 112 Å². The van der Waals surface area contributed by atoms with Gasteiger partial charge in [-0.2, -0.15) is 0 Å². The fraction of sp³-hybridized carbons (Fsp3) is 0.312. The average molecular weight is 255 g/mol. The lowest BCUT2D eigenvalue weighted by Crippen LogP contribution is -2.46. The number of carboxylic acid groups (broad SMARTS) is 1. The van der Waals surface area contributed by atoms with E-state index in [2.05, 4.69) is 47.4 Å². The van der Waals surface area contributed by atoms with E-state index in [4.69, 9.17) is 5.11 Å². The van der Waals surface area contributed by atoms with Gasteiger partial charge in [-0.05, 0) is 22.3 Å². The summed E-state index contributed by atoms with van der Waals surface area (Å²) in [4.78, 5) is 12.9. The van der Waals surface area contributed by atoms with Gasteiger partial charge in [-0.25, -0.2) is 0 Å². The summed E-state index contributed by atoms with van der Waals surface area (Å²) in [5, 5.41) is 11.3. The molecule has 2 aromatic rings. The average Bonchev–Trinajstić information content (AvgIpc) is 2.36. The van der Waals surface area contributed by atoms with Crippen LogP contribution in [0.2, 0.25) is 0 Å². The fourth-order valence-corrected chi connectivity index (χ4v) is 2.85. The predicted octanol–water partition coefficient (Wildman–Crippen LogP) is 2.75. The van der Waals surface area contributed by atoms with Crippen LogP contribution in [0.5, 0.6) is 0 Å². The summed E-state index contributed by atoms with van der Waals surface area (Å²) in [6, 6.07) is 14.8. The van der Waals surface area contributed by atoms with Gasteiger partial charge in [-0.1, -0.05) is 42.5 Å². The zero-order chi connectivity index (χ0) is 13.2. The Bertz CT molecular complexity index is 597. The Morgan fingerprint density at radius 1 is 1.16 bits per heavy atom. The molecule has 0 spiro atoms. The smallest absolute Gasteiger partial charge is 0.303 e. The Hall–Kier alpha value is -1.87. The molecule has 0 atom stereocenters. The minimum atomic E-state index is -0.685. The number of fused-ring (bicyclic) bond motifs is 1. The number of nitrogens with zero attached hydrogens (tertiary/aromatic N) is 1. The van der Waals surface area contributed by atoms with Gasteiger partial charge in [-0.3, -0.25) is 9.69 Å². The van der Waals surface area contributed by atoms with Crippen LogP contribution in [0, 0.1) is 5.92 Å². The first-order valence-electron chi connectivity index (χ1n) is 6.63. The van der Waals surface area contributed by atoms with Crippen molar-refractivity contribution in [1.82, 2.24) is 4.90 Å². The molecule has 0 aromatic heterocycles. The van der Waals surface area contributed by atoms with E-state index in [1.165, 1.54) is 16.3 Å². The van der Waals surface area contributed by atoms with Crippen molar-refractivity contribution in [3.8, 4) is 0 Å². The first kappa shape index (κ1) is 12.2. The van der Waals surface area contributed by atoms with Gasteiger partial charge in [0.15, 0.2) is 0 Å². The molecular formula is C16H17NO2. The normalized spacial score (nSPS) is 16.4. The van der Waals surface area contributed by atoms with Crippen LogP contribution in [0.4, 0.5) is 0 Å². The number of rotatable bonds is 4. The van der Waals surface area contributed by atoms with Crippen molar-refractivity contribution in [2.24, 2.45) is 5.92 Å². The first-order chi connectivity index (χ1) is 9.22. The van der Waals surface area contributed by atoms with Crippen LogP contribution < -0.4 is 0 Å². The summed E-state index contributed by atoms with van der Waals surface area (Å²) in [6.07, 6.45) is 0.298. The SMILES string of the molecule is O=C(O)CC1CN(Cc2cccc3ccccc23)C1. The summed E-state index contributed by atoms with van der Waals surface area (Å²) in [5.41, 5.74) is 1.33. The van der Waals surface area contributed by atoms with Crippen LogP contribution in [0.3, 0.4) is 0 Å². The molecule has 0 bridgehead atoms. The van der Waals surface area contributed by atoms with Crippen LogP contribution >= 0.6 is 0 Å². The number of hydrogen-bond acceptors (Lipinski definition) is 2. The van der Waals surface area contributed by atoms with Gasteiger partial charge < -0.3 is 5.11 Å². The van der Waals surface area contributed by atoms with Gasteiger partial charge in [0.05, 0.1) is 6.42 Å². The summed E-state index contributed by atoms with van der Waals surface area (Å²) in [5.74, 6) is -0.359. The summed E-state index contributed by atoms with van der Waals surface area (Å²) >= 11 is 0. The molecule has 98 valence electrons. The van der Waals surface area contributed by atoms with Gasteiger partial charge in [0, 0.05) is 19.6 Å². The van der Waals surface area contributed by atoms with Crippen molar-refractivity contribution in [1.29, 1.82) is 0 Å². The largest absolute Gasteiger partial charge is 0.481 e. The van der Waals surface area contributed by atoms with Crippen molar-refractivity contribution in [2.45, 2.75) is 13.0 Å². The summed E-state index contributed by atoms with van der Waals surface area (Å²) < 4.78 is 0. The lowest BCUT2D eigenvalue weighted by atomic mass is 9.95.